The van der Waals surface area contributed by atoms with E-state index in [1.54, 1.807) is 18.2 Å². The fraction of sp³-hybridized carbons (Fsp3) is 0.261. The number of hydrogen-bond donors (Lipinski definition) is 1. The standard InChI is InChI=1S/C23H22FNO6/c1-4-10-25-20(14-6-5-7-16(11-14)31-13(2)26)19(22(28)23(25)29)21(27)17-12-15(24)8-9-18(17)30-3/h5-9,11-12,20,27H,4,10H2,1-3H3/b21-19+. The van der Waals surface area contributed by atoms with Crippen LogP contribution in [0.15, 0.2) is 48.0 Å². The molecule has 1 fully saturated rings. The minimum Gasteiger partial charge on any atom is -0.507 e. The average Bonchev–Trinajstić information content (AvgIpc) is 2.98. The zero-order chi connectivity index (χ0) is 22.7. The third-order valence-electron chi connectivity index (χ3n) is 4.86. The summed E-state index contributed by atoms with van der Waals surface area (Å²) in [6, 6.07) is 8.93. The Bertz CT molecular complexity index is 1080. The van der Waals surface area contributed by atoms with Gasteiger partial charge < -0.3 is 19.5 Å². The molecule has 1 aliphatic heterocycles. The molecule has 2 aromatic rings. The number of rotatable bonds is 6. The van der Waals surface area contributed by atoms with Gasteiger partial charge in [0.2, 0.25) is 0 Å². The summed E-state index contributed by atoms with van der Waals surface area (Å²) in [6.07, 6.45) is 0.566. The van der Waals surface area contributed by atoms with E-state index in [4.69, 9.17) is 9.47 Å². The first-order chi connectivity index (χ1) is 14.8. The summed E-state index contributed by atoms with van der Waals surface area (Å²) < 4.78 is 24.2. The van der Waals surface area contributed by atoms with Gasteiger partial charge in [0.25, 0.3) is 11.7 Å². The predicted octanol–water partition coefficient (Wildman–Crippen LogP) is 3.59. The van der Waals surface area contributed by atoms with E-state index in [0.717, 1.165) is 12.1 Å². The SMILES string of the molecule is CCCN1C(=O)C(=O)/C(=C(/O)c2cc(F)ccc2OC)C1c1cccc(OC(C)=O)c1. The second-order valence-electron chi connectivity index (χ2n) is 7.00. The Morgan fingerprint density at radius 2 is 1.94 bits per heavy atom. The summed E-state index contributed by atoms with van der Waals surface area (Å²) in [5.74, 6) is -3.00. The van der Waals surface area contributed by atoms with Gasteiger partial charge >= 0.3 is 5.97 Å². The third kappa shape index (κ3) is 4.28. The monoisotopic (exact) mass is 427 g/mol. The summed E-state index contributed by atoms with van der Waals surface area (Å²) in [4.78, 5) is 38.3. The molecule has 0 saturated carbocycles. The fourth-order valence-electron chi connectivity index (χ4n) is 3.62. The van der Waals surface area contributed by atoms with Gasteiger partial charge in [-0.2, -0.15) is 0 Å². The molecule has 0 radical (unpaired) electrons. The van der Waals surface area contributed by atoms with E-state index in [2.05, 4.69) is 0 Å². The molecule has 0 aromatic heterocycles. The van der Waals surface area contributed by atoms with E-state index in [1.807, 2.05) is 6.92 Å². The van der Waals surface area contributed by atoms with Gasteiger partial charge in [0.05, 0.1) is 24.3 Å². The van der Waals surface area contributed by atoms with Crippen LogP contribution >= 0.6 is 0 Å². The van der Waals surface area contributed by atoms with Gasteiger partial charge in [-0.05, 0) is 42.3 Å². The number of aliphatic hydroxyl groups excluding tert-OH is 1. The number of nitrogens with zero attached hydrogens (tertiary/aromatic N) is 1. The zero-order valence-corrected chi connectivity index (χ0v) is 17.3. The topological polar surface area (TPSA) is 93.1 Å². The Morgan fingerprint density at radius 3 is 2.58 bits per heavy atom. The number of hydrogen-bond acceptors (Lipinski definition) is 6. The van der Waals surface area contributed by atoms with E-state index in [1.165, 1.54) is 31.1 Å². The summed E-state index contributed by atoms with van der Waals surface area (Å²) in [5, 5.41) is 11.0. The molecule has 0 aliphatic carbocycles. The number of carbonyl (C=O) groups is 3. The highest BCUT2D eigenvalue weighted by molar-refractivity contribution is 6.46. The Hall–Kier alpha value is -3.68. The van der Waals surface area contributed by atoms with E-state index in [-0.39, 0.29) is 29.2 Å². The molecule has 1 atom stereocenters. The highest BCUT2D eigenvalue weighted by Gasteiger charge is 2.46. The quantitative estimate of drug-likeness (QED) is 0.249. The van der Waals surface area contributed by atoms with E-state index in [0.29, 0.717) is 12.0 Å². The van der Waals surface area contributed by atoms with Crippen molar-refractivity contribution in [2.45, 2.75) is 26.3 Å². The maximum atomic E-state index is 13.9. The zero-order valence-electron chi connectivity index (χ0n) is 17.3. The van der Waals surface area contributed by atoms with Gasteiger partial charge in [0, 0.05) is 13.5 Å². The summed E-state index contributed by atoms with van der Waals surface area (Å²) in [7, 11) is 1.35. The molecule has 7 nitrogen and oxygen atoms in total. The molecule has 162 valence electrons. The molecule has 31 heavy (non-hydrogen) atoms. The number of Topliss-reactive ketones (excluding diaryl/α,β-unsaturated/α-hetero) is 1. The summed E-state index contributed by atoms with van der Waals surface area (Å²) in [5.41, 5.74) is 0.226. The number of methoxy groups -OCH3 is 1. The van der Waals surface area contributed by atoms with Crippen molar-refractivity contribution >= 4 is 23.4 Å². The minimum atomic E-state index is -0.941. The van der Waals surface area contributed by atoms with Crippen molar-refractivity contribution in [1.29, 1.82) is 0 Å². The lowest BCUT2D eigenvalue weighted by molar-refractivity contribution is -0.139. The Morgan fingerprint density at radius 1 is 1.19 bits per heavy atom. The van der Waals surface area contributed by atoms with Gasteiger partial charge in [0.15, 0.2) is 0 Å². The van der Waals surface area contributed by atoms with Crippen molar-refractivity contribution in [3.05, 3.63) is 65.0 Å². The Labute approximate surface area is 178 Å². The second-order valence-corrected chi connectivity index (χ2v) is 7.00. The van der Waals surface area contributed by atoms with Gasteiger partial charge in [-0.3, -0.25) is 14.4 Å². The summed E-state index contributed by atoms with van der Waals surface area (Å²) >= 11 is 0. The van der Waals surface area contributed by atoms with E-state index >= 15 is 0 Å². The number of carbonyl (C=O) groups excluding carboxylic acids is 3. The van der Waals surface area contributed by atoms with Crippen LogP contribution in [0.2, 0.25) is 0 Å². The Kier molecular flexibility index (Phi) is 6.39. The molecule has 0 spiro atoms. The maximum Gasteiger partial charge on any atom is 0.308 e. The van der Waals surface area contributed by atoms with Crippen molar-refractivity contribution in [3.63, 3.8) is 0 Å². The number of benzene rings is 2. The molecule has 1 aliphatic rings. The molecular weight excluding hydrogens is 405 g/mol. The molecule has 1 unspecified atom stereocenters. The molecule has 2 aromatic carbocycles. The van der Waals surface area contributed by atoms with Gasteiger partial charge in [0.1, 0.15) is 23.1 Å². The predicted molar refractivity (Wildman–Crippen MR) is 110 cm³/mol. The first-order valence-electron chi connectivity index (χ1n) is 9.69. The number of ether oxygens (including phenoxy) is 2. The molecule has 3 rings (SSSR count). The van der Waals surface area contributed by atoms with Crippen molar-refractivity contribution in [1.82, 2.24) is 4.90 Å². The average molecular weight is 427 g/mol. The normalized spacial score (nSPS) is 17.7. The number of halogens is 1. The highest BCUT2D eigenvalue weighted by Crippen LogP contribution is 2.41. The van der Waals surface area contributed by atoms with Crippen LogP contribution in [0.5, 0.6) is 11.5 Å². The largest absolute Gasteiger partial charge is 0.507 e. The molecule has 8 heteroatoms. The molecular formula is C23H22FNO6. The fourth-order valence-corrected chi connectivity index (χ4v) is 3.62. The number of amides is 1. The van der Waals surface area contributed by atoms with Crippen LogP contribution in [-0.4, -0.2) is 41.3 Å². The minimum absolute atomic E-state index is 0.0434. The van der Waals surface area contributed by atoms with Crippen molar-refractivity contribution in [3.8, 4) is 11.5 Å². The lowest BCUT2D eigenvalue weighted by Gasteiger charge is -2.25. The number of ketones is 1. The lowest BCUT2D eigenvalue weighted by Crippen LogP contribution is -2.30. The van der Waals surface area contributed by atoms with Gasteiger partial charge in [-0.1, -0.05) is 19.1 Å². The smallest absolute Gasteiger partial charge is 0.308 e. The van der Waals surface area contributed by atoms with Crippen molar-refractivity contribution in [2.24, 2.45) is 0 Å². The number of aliphatic hydroxyl groups is 1. The van der Waals surface area contributed by atoms with Crippen LogP contribution in [-0.2, 0) is 14.4 Å². The molecule has 1 amide bonds. The molecule has 1 saturated heterocycles. The lowest BCUT2D eigenvalue weighted by atomic mass is 9.94. The van der Waals surface area contributed by atoms with Gasteiger partial charge in [-0.15, -0.1) is 0 Å². The van der Waals surface area contributed by atoms with Crippen LogP contribution in [0, 0.1) is 5.82 Å². The van der Waals surface area contributed by atoms with Crippen molar-refractivity contribution in [2.75, 3.05) is 13.7 Å². The molecule has 1 N–H and O–H groups in total. The molecule has 0 bridgehead atoms. The first kappa shape index (κ1) is 22.0. The van der Waals surface area contributed by atoms with Crippen LogP contribution in [0.4, 0.5) is 4.39 Å². The third-order valence-corrected chi connectivity index (χ3v) is 4.86. The Balaban J connectivity index is 2.23. The van der Waals surface area contributed by atoms with Gasteiger partial charge in [-0.25, -0.2) is 4.39 Å². The second kappa shape index (κ2) is 8.99. The van der Waals surface area contributed by atoms with E-state index in [9.17, 15) is 23.9 Å². The van der Waals surface area contributed by atoms with Crippen molar-refractivity contribution < 1.29 is 33.4 Å². The molecule has 1 heterocycles. The van der Waals surface area contributed by atoms with Crippen LogP contribution in [0.1, 0.15) is 37.4 Å². The maximum absolute atomic E-state index is 13.9. The first-order valence-corrected chi connectivity index (χ1v) is 9.69. The number of likely N-dealkylation sites (tertiary alicyclic amines) is 1. The number of esters is 1. The highest BCUT2D eigenvalue weighted by atomic mass is 19.1. The van der Waals surface area contributed by atoms with E-state index < -0.39 is 35.3 Å². The van der Waals surface area contributed by atoms with Crippen LogP contribution in [0.25, 0.3) is 5.76 Å². The van der Waals surface area contributed by atoms with Crippen LogP contribution < -0.4 is 9.47 Å². The van der Waals surface area contributed by atoms with Crippen LogP contribution in [0.3, 0.4) is 0 Å². The summed E-state index contributed by atoms with van der Waals surface area (Å²) in [6.45, 7) is 3.36.